The van der Waals surface area contributed by atoms with E-state index in [0.29, 0.717) is 26.1 Å². The van der Waals surface area contributed by atoms with Crippen molar-refractivity contribution in [2.75, 3.05) is 24.6 Å². The highest BCUT2D eigenvalue weighted by molar-refractivity contribution is 6.06. The van der Waals surface area contributed by atoms with Crippen LogP contribution in [0.5, 0.6) is 0 Å². The van der Waals surface area contributed by atoms with Crippen LogP contribution in [-0.2, 0) is 25.7 Å². The highest BCUT2D eigenvalue weighted by atomic mass is 16.5. The minimum Gasteiger partial charge on any atom is -0.394 e. The van der Waals surface area contributed by atoms with Crippen LogP contribution in [0.2, 0.25) is 0 Å². The summed E-state index contributed by atoms with van der Waals surface area (Å²) in [5.41, 5.74) is 2.41. The lowest BCUT2D eigenvalue weighted by Crippen LogP contribution is -2.59. The van der Waals surface area contributed by atoms with Crippen molar-refractivity contribution in [2.24, 2.45) is 17.8 Å². The Kier molecular flexibility index (Phi) is 7.77. The minimum absolute atomic E-state index is 0.0749. The van der Waals surface area contributed by atoms with Gasteiger partial charge in [0.2, 0.25) is 11.8 Å². The predicted octanol–water partition coefficient (Wildman–Crippen LogP) is 3.79. The van der Waals surface area contributed by atoms with Crippen LogP contribution < -0.4 is 4.90 Å². The first-order chi connectivity index (χ1) is 20.7. The number of amides is 3. The summed E-state index contributed by atoms with van der Waals surface area (Å²) in [6.45, 7) is 8.80. The maximum Gasteiger partial charge on any atom is 0.253 e. The number of fused-ring (bicyclic) bond motifs is 2. The van der Waals surface area contributed by atoms with E-state index in [1.54, 1.807) is 14.7 Å². The number of hydrogen-bond acceptors (Lipinski definition) is 5. The molecule has 2 aromatic carbocycles. The van der Waals surface area contributed by atoms with Gasteiger partial charge in [0.1, 0.15) is 11.6 Å². The molecule has 2 fully saturated rings. The zero-order chi connectivity index (χ0) is 30.5. The Bertz CT molecular complexity index is 1470. The van der Waals surface area contributed by atoms with E-state index in [4.69, 9.17) is 4.74 Å². The second-order valence-corrected chi connectivity index (χ2v) is 12.5. The quantitative estimate of drug-likeness (QED) is 0.501. The van der Waals surface area contributed by atoms with E-state index in [2.05, 4.69) is 0 Å². The molecule has 0 aliphatic carbocycles. The third-order valence-electron chi connectivity index (χ3n) is 9.90. The van der Waals surface area contributed by atoms with Gasteiger partial charge in [0.05, 0.1) is 30.6 Å². The van der Waals surface area contributed by atoms with Gasteiger partial charge in [-0.3, -0.25) is 14.4 Å². The number of likely N-dealkylation sites (tertiary alicyclic amines) is 1. The van der Waals surface area contributed by atoms with Crippen molar-refractivity contribution in [3.05, 3.63) is 89.5 Å². The Morgan fingerprint density at radius 1 is 1.00 bits per heavy atom. The summed E-state index contributed by atoms with van der Waals surface area (Å²) in [6.07, 6.45) is 7.66. The van der Waals surface area contributed by atoms with Gasteiger partial charge in [0.15, 0.2) is 0 Å². The van der Waals surface area contributed by atoms with Crippen molar-refractivity contribution < 1.29 is 24.2 Å². The van der Waals surface area contributed by atoms with E-state index < -0.39 is 35.6 Å². The molecule has 4 heterocycles. The highest BCUT2D eigenvalue weighted by Crippen LogP contribution is 2.54. The second kappa shape index (κ2) is 11.4. The van der Waals surface area contributed by atoms with Gasteiger partial charge in [0.25, 0.3) is 5.91 Å². The van der Waals surface area contributed by atoms with Gasteiger partial charge in [-0.05, 0) is 42.5 Å². The van der Waals surface area contributed by atoms with E-state index in [1.165, 1.54) is 0 Å². The first kappa shape index (κ1) is 29.3. The number of aliphatic hydroxyl groups is 1. The molecular weight excluding hydrogens is 542 g/mol. The molecule has 1 N–H and O–H groups in total. The number of aliphatic hydroxyl groups excluding tert-OH is 1. The summed E-state index contributed by atoms with van der Waals surface area (Å²) in [5.74, 6) is -2.48. The van der Waals surface area contributed by atoms with Crippen LogP contribution in [0.25, 0.3) is 0 Å². The largest absolute Gasteiger partial charge is 0.394 e. The lowest BCUT2D eigenvalue weighted by atomic mass is 9.77. The van der Waals surface area contributed by atoms with Crippen LogP contribution in [0.4, 0.5) is 5.69 Å². The summed E-state index contributed by atoms with van der Waals surface area (Å²) >= 11 is 0. The van der Waals surface area contributed by atoms with Crippen molar-refractivity contribution in [2.45, 2.75) is 64.4 Å². The molecule has 7 atom stereocenters. The summed E-state index contributed by atoms with van der Waals surface area (Å²) in [4.78, 5) is 48.9. The molecule has 0 bridgehead atoms. The molecule has 8 nitrogen and oxygen atoms in total. The molecule has 0 aromatic heterocycles. The van der Waals surface area contributed by atoms with Crippen LogP contribution in [0.3, 0.4) is 0 Å². The van der Waals surface area contributed by atoms with Crippen molar-refractivity contribution in [1.82, 2.24) is 9.80 Å². The number of anilines is 1. The van der Waals surface area contributed by atoms with E-state index in [9.17, 15) is 19.5 Å². The van der Waals surface area contributed by atoms with Crippen LogP contribution >= 0.6 is 0 Å². The van der Waals surface area contributed by atoms with Crippen molar-refractivity contribution in [3.8, 4) is 0 Å². The number of nitrogens with zero attached hydrogens (tertiary/aromatic N) is 3. The van der Waals surface area contributed by atoms with Gasteiger partial charge in [-0.2, -0.15) is 0 Å². The van der Waals surface area contributed by atoms with Crippen molar-refractivity contribution in [3.63, 3.8) is 0 Å². The number of hydrogen-bond donors (Lipinski definition) is 1. The number of carbonyl (C=O) groups is 3. The fourth-order valence-corrected chi connectivity index (χ4v) is 7.47. The Hall–Kier alpha value is -3.75. The number of carbonyl (C=O) groups excluding carboxylic acids is 3. The third kappa shape index (κ3) is 4.71. The zero-order valence-corrected chi connectivity index (χ0v) is 25.3. The Labute approximate surface area is 253 Å². The lowest BCUT2D eigenvalue weighted by molar-refractivity contribution is -0.148. The molecule has 4 aliphatic rings. The lowest BCUT2D eigenvalue weighted by Gasteiger charge is -2.40. The van der Waals surface area contributed by atoms with Crippen LogP contribution in [0.15, 0.2) is 72.8 Å². The Morgan fingerprint density at radius 3 is 2.49 bits per heavy atom. The second-order valence-electron chi connectivity index (χ2n) is 12.5. The first-order valence-electron chi connectivity index (χ1n) is 15.4. The first-order valence-corrected chi connectivity index (χ1v) is 15.4. The molecule has 2 aromatic rings. The SMILES string of the molecule is CC[C@H](C)[C@H](CO)N1C(=O)[C@@H]2[C@H]3C(=O)N(Cc4ccccc4)CC=C[C@H]3O[C@@]23C=CCN(c2cc(C)ccc2C)C(=O)C13. The number of aryl methyl sites for hydroxylation is 2. The van der Waals surface area contributed by atoms with E-state index in [0.717, 1.165) is 22.4 Å². The maximum absolute atomic E-state index is 14.8. The molecule has 1 spiro atoms. The molecule has 1 unspecified atom stereocenters. The summed E-state index contributed by atoms with van der Waals surface area (Å²) < 4.78 is 6.81. The fourth-order valence-electron chi connectivity index (χ4n) is 7.47. The van der Waals surface area contributed by atoms with Gasteiger partial charge in [-0.15, -0.1) is 0 Å². The summed E-state index contributed by atoms with van der Waals surface area (Å²) in [6, 6.07) is 14.2. The number of ether oxygens (including phenoxy) is 1. The molecule has 0 radical (unpaired) electrons. The molecule has 6 rings (SSSR count). The monoisotopic (exact) mass is 583 g/mol. The van der Waals surface area contributed by atoms with Crippen LogP contribution in [-0.4, -0.2) is 76.1 Å². The third-order valence-corrected chi connectivity index (χ3v) is 9.90. The molecule has 0 saturated carbocycles. The van der Waals surface area contributed by atoms with Gasteiger partial charge >= 0.3 is 0 Å². The fraction of sp³-hybridized carbons (Fsp3) is 0.457. The zero-order valence-electron chi connectivity index (χ0n) is 25.3. The average Bonchev–Trinajstić information content (AvgIpc) is 3.32. The molecular formula is C35H41N3O5. The molecule has 226 valence electrons. The van der Waals surface area contributed by atoms with E-state index in [-0.39, 0.29) is 30.2 Å². The maximum atomic E-state index is 14.8. The highest BCUT2D eigenvalue weighted by Gasteiger charge is 2.72. The normalized spacial score (nSPS) is 29.7. The van der Waals surface area contributed by atoms with Crippen LogP contribution in [0.1, 0.15) is 37.0 Å². The van der Waals surface area contributed by atoms with Crippen molar-refractivity contribution >= 4 is 23.4 Å². The predicted molar refractivity (Wildman–Crippen MR) is 164 cm³/mol. The van der Waals surface area contributed by atoms with Gasteiger partial charge < -0.3 is 24.5 Å². The topological polar surface area (TPSA) is 90.4 Å². The summed E-state index contributed by atoms with van der Waals surface area (Å²) in [5, 5.41) is 10.6. The van der Waals surface area contributed by atoms with E-state index in [1.807, 2.05) is 101 Å². The Morgan fingerprint density at radius 2 is 1.77 bits per heavy atom. The average molecular weight is 584 g/mol. The van der Waals surface area contributed by atoms with E-state index >= 15 is 0 Å². The smallest absolute Gasteiger partial charge is 0.253 e. The van der Waals surface area contributed by atoms with Crippen LogP contribution in [0, 0.1) is 31.6 Å². The van der Waals surface area contributed by atoms with Gasteiger partial charge in [-0.1, -0.05) is 87.0 Å². The van der Waals surface area contributed by atoms with Crippen molar-refractivity contribution in [1.29, 1.82) is 0 Å². The molecule has 8 heteroatoms. The number of benzene rings is 2. The molecule has 3 amide bonds. The molecule has 2 saturated heterocycles. The van der Waals surface area contributed by atoms with Gasteiger partial charge in [0, 0.05) is 25.3 Å². The summed E-state index contributed by atoms with van der Waals surface area (Å²) in [7, 11) is 0. The van der Waals surface area contributed by atoms with Gasteiger partial charge in [-0.25, -0.2) is 0 Å². The molecule has 43 heavy (non-hydrogen) atoms. The number of rotatable bonds is 7. The molecule has 4 aliphatic heterocycles. The Balaban J connectivity index is 1.46. The minimum atomic E-state index is -1.34. The standard InChI is InChI=1S/C35H41N3O5/c1-5-23(3)27(21-39)38-31-34(42)37(26-19-22(2)14-15-24(26)4)18-10-16-35(31)30(33(38)41)29-28(43-35)13-9-17-36(32(29)40)20-25-11-7-6-8-12-25/h6-16,19,23,27-31,39H,5,17-18,20-21H2,1-4H3/t23-,27-,28+,29-,30-,31?,35-/m0/s1.